The Bertz CT molecular complexity index is 880. The van der Waals surface area contributed by atoms with Crippen LogP contribution < -0.4 is 10.1 Å². The van der Waals surface area contributed by atoms with Crippen molar-refractivity contribution in [3.63, 3.8) is 0 Å². The first-order valence-electron chi connectivity index (χ1n) is 8.01. The number of hydrogen-bond acceptors (Lipinski definition) is 10. The van der Waals surface area contributed by atoms with Gasteiger partial charge >= 0.3 is 17.6 Å². The molecule has 11 nitrogen and oxygen atoms in total. The average molecular weight is 390 g/mol. The highest BCUT2D eigenvalue weighted by molar-refractivity contribution is 5.97. The van der Waals surface area contributed by atoms with Gasteiger partial charge in [0.25, 0.3) is 5.88 Å². The molecule has 1 N–H and O–H groups in total. The van der Waals surface area contributed by atoms with E-state index in [0.717, 1.165) is 6.33 Å². The number of nitrogens with one attached hydrogen (secondary N) is 1. The Morgan fingerprint density at radius 1 is 1.07 bits per heavy atom. The number of anilines is 2. The van der Waals surface area contributed by atoms with Crippen LogP contribution in [0.15, 0.2) is 24.5 Å². The zero-order valence-corrected chi connectivity index (χ0v) is 15.6. The molecular weight excluding hydrogens is 372 g/mol. The molecule has 0 saturated carbocycles. The van der Waals surface area contributed by atoms with Crippen molar-refractivity contribution in [2.24, 2.45) is 0 Å². The number of ether oxygens (including phenoxy) is 3. The Kier molecular flexibility index (Phi) is 6.42. The molecule has 28 heavy (non-hydrogen) atoms. The van der Waals surface area contributed by atoms with E-state index in [4.69, 9.17) is 4.74 Å². The molecule has 0 spiro atoms. The largest absolute Gasteiger partial charge is 0.470 e. The van der Waals surface area contributed by atoms with E-state index in [9.17, 15) is 19.7 Å². The van der Waals surface area contributed by atoms with Crippen molar-refractivity contribution in [3.05, 3.63) is 45.8 Å². The summed E-state index contributed by atoms with van der Waals surface area (Å²) >= 11 is 0. The van der Waals surface area contributed by atoms with E-state index in [0.29, 0.717) is 0 Å². The number of carbonyl (C=O) groups is 2. The zero-order valence-electron chi connectivity index (χ0n) is 15.6. The third kappa shape index (κ3) is 4.69. The molecule has 0 bridgehead atoms. The third-order valence-corrected chi connectivity index (χ3v) is 3.36. The fourth-order valence-corrected chi connectivity index (χ4v) is 2.24. The Balaban J connectivity index is 2.54. The van der Waals surface area contributed by atoms with Crippen LogP contribution in [-0.4, -0.2) is 47.2 Å². The van der Waals surface area contributed by atoms with E-state index >= 15 is 0 Å². The van der Waals surface area contributed by atoms with Gasteiger partial charge < -0.3 is 19.5 Å². The number of carbonyl (C=O) groups excluding carboxylic acids is 2. The predicted octanol–water partition coefficient (Wildman–Crippen LogP) is 2.49. The number of benzene rings is 1. The van der Waals surface area contributed by atoms with Crippen LogP contribution in [0.5, 0.6) is 5.88 Å². The Hall–Kier alpha value is -3.76. The van der Waals surface area contributed by atoms with Gasteiger partial charge in [0.05, 0.1) is 36.4 Å². The number of methoxy groups -OCH3 is 2. The SMILES string of the molecule is COC(=O)c1cc(Nc2ncnc(OC(C)C)c2[N+](=O)[O-])cc(C(=O)OC)c1. The van der Waals surface area contributed by atoms with Gasteiger partial charge in [0, 0.05) is 5.69 Å². The molecule has 1 aromatic heterocycles. The lowest BCUT2D eigenvalue weighted by molar-refractivity contribution is -0.385. The maximum absolute atomic E-state index is 11.9. The second-order valence-electron chi connectivity index (χ2n) is 5.71. The molecule has 0 fully saturated rings. The van der Waals surface area contributed by atoms with E-state index < -0.39 is 22.5 Å². The summed E-state index contributed by atoms with van der Waals surface area (Å²) in [7, 11) is 2.37. The number of esters is 2. The van der Waals surface area contributed by atoms with E-state index in [2.05, 4.69) is 24.8 Å². The molecular formula is C17H18N4O7. The minimum Gasteiger partial charge on any atom is -0.470 e. The first-order chi connectivity index (χ1) is 13.3. The zero-order chi connectivity index (χ0) is 20.8. The molecule has 148 valence electrons. The lowest BCUT2D eigenvalue weighted by Crippen LogP contribution is -2.11. The van der Waals surface area contributed by atoms with Gasteiger partial charge in [-0.05, 0) is 32.0 Å². The first kappa shape index (κ1) is 20.6. The number of nitrogens with zero attached hydrogens (tertiary/aromatic N) is 3. The van der Waals surface area contributed by atoms with Crippen LogP contribution in [0.25, 0.3) is 0 Å². The van der Waals surface area contributed by atoms with Gasteiger partial charge in [-0.1, -0.05) is 0 Å². The fraction of sp³-hybridized carbons (Fsp3) is 0.294. The van der Waals surface area contributed by atoms with Crippen molar-refractivity contribution >= 4 is 29.1 Å². The van der Waals surface area contributed by atoms with E-state index in [-0.39, 0.29) is 34.6 Å². The summed E-state index contributed by atoms with van der Waals surface area (Å²) in [6.07, 6.45) is 0.744. The lowest BCUT2D eigenvalue weighted by atomic mass is 10.1. The molecule has 1 heterocycles. The van der Waals surface area contributed by atoms with Crippen molar-refractivity contribution in [2.45, 2.75) is 20.0 Å². The molecule has 0 saturated heterocycles. The number of hydrogen-bond donors (Lipinski definition) is 1. The molecule has 11 heteroatoms. The van der Waals surface area contributed by atoms with Crippen LogP contribution in [-0.2, 0) is 9.47 Å². The molecule has 0 aliphatic carbocycles. The van der Waals surface area contributed by atoms with Crippen molar-refractivity contribution in [1.82, 2.24) is 9.97 Å². The monoisotopic (exact) mass is 390 g/mol. The summed E-state index contributed by atoms with van der Waals surface area (Å²) in [6, 6.07) is 3.99. The van der Waals surface area contributed by atoms with Gasteiger partial charge in [0.1, 0.15) is 6.33 Å². The summed E-state index contributed by atoms with van der Waals surface area (Å²) in [6.45, 7) is 3.39. The van der Waals surface area contributed by atoms with E-state index in [1.807, 2.05) is 0 Å². The minimum absolute atomic E-state index is 0.0447. The summed E-state index contributed by atoms with van der Waals surface area (Å²) < 4.78 is 14.7. The van der Waals surface area contributed by atoms with Crippen LogP contribution in [0, 0.1) is 10.1 Å². The summed E-state index contributed by atoms with van der Waals surface area (Å²) in [5.74, 6) is -1.78. The molecule has 0 unspecified atom stereocenters. The molecule has 2 aromatic rings. The van der Waals surface area contributed by atoms with Gasteiger partial charge in [-0.2, -0.15) is 4.98 Å². The van der Waals surface area contributed by atoms with Crippen LogP contribution in [0.1, 0.15) is 34.6 Å². The molecule has 1 aromatic carbocycles. The number of nitro groups is 1. The lowest BCUT2D eigenvalue weighted by Gasteiger charge is -2.12. The highest BCUT2D eigenvalue weighted by Gasteiger charge is 2.26. The normalized spacial score (nSPS) is 10.3. The second-order valence-corrected chi connectivity index (χ2v) is 5.71. The summed E-state index contributed by atoms with van der Waals surface area (Å²) in [5.41, 5.74) is -0.216. The highest BCUT2D eigenvalue weighted by atomic mass is 16.6. The smallest absolute Gasteiger partial charge is 0.373 e. The topological polar surface area (TPSA) is 143 Å². The van der Waals surface area contributed by atoms with Crippen molar-refractivity contribution < 1.29 is 28.7 Å². The maximum atomic E-state index is 11.9. The van der Waals surface area contributed by atoms with Crippen LogP contribution in [0.3, 0.4) is 0 Å². The van der Waals surface area contributed by atoms with Crippen LogP contribution in [0.4, 0.5) is 17.2 Å². The van der Waals surface area contributed by atoms with Gasteiger partial charge in [0.15, 0.2) is 0 Å². The predicted molar refractivity (Wildman–Crippen MR) is 96.9 cm³/mol. The van der Waals surface area contributed by atoms with E-state index in [1.54, 1.807) is 13.8 Å². The molecule has 0 radical (unpaired) electrons. The molecule has 0 aliphatic heterocycles. The molecule has 0 amide bonds. The second kappa shape index (κ2) is 8.75. The fourth-order valence-electron chi connectivity index (χ4n) is 2.24. The minimum atomic E-state index is -0.699. The van der Waals surface area contributed by atoms with Gasteiger partial charge in [-0.25, -0.2) is 14.6 Å². The van der Waals surface area contributed by atoms with Crippen molar-refractivity contribution in [1.29, 1.82) is 0 Å². The van der Waals surface area contributed by atoms with Crippen molar-refractivity contribution in [3.8, 4) is 5.88 Å². The van der Waals surface area contributed by atoms with Crippen molar-refractivity contribution in [2.75, 3.05) is 19.5 Å². The van der Waals surface area contributed by atoms with Gasteiger partial charge in [-0.3, -0.25) is 10.1 Å². The van der Waals surface area contributed by atoms with E-state index in [1.165, 1.54) is 32.4 Å². The highest BCUT2D eigenvalue weighted by Crippen LogP contribution is 2.33. The van der Waals surface area contributed by atoms with Gasteiger partial charge in [-0.15, -0.1) is 0 Å². The van der Waals surface area contributed by atoms with Gasteiger partial charge in [0.2, 0.25) is 5.82 Å². The Morgan fingerprint density at radius 3 is 2.11 bits per heavy atom. The Morgan fingerprint density at radius 2 is 1.64 bits per heavy atom. The number of rotatable bonds is 7. The first-order valence-corrected chi connectivity index (χ1v) is 8.01. The summed E-state index contributed by atoms with van der Waals surface area (Å²) in [5, 5.41) is 14.2. The van der Waals surface area contributed by atoms with Crippen LogP contribution in [0.2, 0.25) is 0 Å². The molecule has 0 atom stereocenters. The number of aromatic nitrogens is 2. The third-order valence-electron chi connectivity index (χ3n) is 3.36. The standard InChI is InChI=1S/C17H18N4O7/c1-9(2)28-15-13(21(24)25)14(18-8-19-15)20-12-6-10(16(22)26-3)5-11(7-12)17(23)27-4/h5-9H,1-4H3,(H,18,19,20). The quantitative estimate of drug-likeness (QED) is 0.425. The molecule has 2 rings (SSSR count). The molecule has 0 aliphatic rings. The maximum Gasteiger partial charge on any atom is 0.373 e. The average Bonchev–Trinajstić information content (AvgIpc) is 2.65. The van der Waals surface area contributed by atoms with Crippen LogP contribution >= 0.6 is 0 Å². The Labute approximate surface area is 159 Å². The summed E-state index contributed by atoms with van der Waals surface area (Å²) in [4.78, 5) is 42.3.